The molecule has 1 aliphatic carbocycles. The van der Waals surface area contributed by atoms with Crippen molar-refractivity contribution >= 4 is 17.7 Å². The van der Waals surface area contributed by atoms with Gasteiger partial charge in [0.05, 0.1) is 11.3 Å². The highest BCUT2D eigenvalue weighted by molar-refractivity contribution is 7.99. The summed E-state index contributed by atoms with van der Waals surface area (Å²) >= 11 is 1.86. The number of thioether (sulfide) groups is 1. The Hall–Kier alpha value is -0.970. The molecule has 4 nitrogen and oxygen atoms in total. The van der Waals surface area contributed by atoms with Crippen molar-refractivity contribution in [2.75, 3.05) is 6.26 Å². The monoisotopic (exact) mass is 267 g/mol. The molecule has 0 bridgehead atoms. The summed E-state index contributed by atoms with van der Waals surface area (Å²) in [6.07, 6.45) is 6.92. The molecule has 0 saturated heterocycles. The molecule has 1 saturated carbocycles. The van der Waals surface area contributed by atoms with Crippen LogP contribution < -0.4 is 5.32 Å². The minimum atomic E-state index is 0.0182. The van der Waals surface area contributed by atoms with Crippen LogP contribution in [0.2, 0.25) is 0 Å². The Labute approximate surface area is 112 Å². The maximum absolute atomic E-state index is 12.3. The van der Waals surface area contributed by atoms with E-state index in [4.69, 9.17) is 0 Å². The molecule has 0 radical (unpaired) electrons. The van der Waals surface area contributed by atoms with Gasteiger partial charge in [0.15, 0.2) is 0 Å². The molecule has 100 valence electrons. The zero-order valence-corrected chi connectivity index (χ0v) is 12.1. The van der Waals surface area contributed by atoms with Crippen LogP contribution in [-0.2, 0) is 0 Å². The summed E-state index contributed by atoms with van der Waals surface area (Å²) < 4.78 is 0. The van der Waals surface area contributed by atoms with E-state index in [1.807, 2.05) is 25.6 Å². The standard InChI is InChI=1S/C13H21N3OS/c1-8-12(9(2)16-15-8)13(17)14-10-6-4-5-7-11(10)18-3/h10-11H,4-7H2,1-3H3,(H,14,17)(H,15,16). The van der Waals surface area contributed by atoms with Crippen LogP contribution in [0.15, 0.2) is 0 Å². The van der Waals surface area contributed by atoms with E-state index in [9.17, 15) is 4.79 Å². The van der Waals surface area contributed by atoms with E-state index in [-0.39, 0.29) is 5.91 Å². The van der Waals surface area contributed by atoms with Crippen molar-refractivity contribution < 1.29 is 4.79 Å². The van der Waals surface area contributed by atoms with E-state index < -0.39 is 0 Å². The van der Waals surface area contributed by atoms with Crippen molar-refractivity contribution in [1.29, 1.82) is 0 Å². The molecule has 18 heavy (non-hydrogen) atoms. The summed E-state index contributed by atoms with van der Waals surface area (Å²) in [6, 6.07) is 0.301. The highest BCUT2D eigenvalue weighted by atomic mass is 32.2. The lowest BCUT2D eigenvalue weighted by molar-refractivity contribution is 0.0928. The van der Waals surface area contributed by atoms with Crippen molar-refractivity contribution in [2.45, 2.75) is 50.8 Å². The first-order valence-electron chi connectivity index (χ1n) is 6.48. The number of rotatable bonds is 3. The van der Waals surface area contributed by atoms with Gasteiger partial charge in [-0.25, -0.2) is 0 Å². The molecular formula is C13H21N3OS. The third kappa shape index (κ3) is 2.71. The van der Waals surface area contributed by atoms with Crippen molar-refractivity contribution in [2.24, 2.45) is 0 Å². The Balaban J connectivity index is 2.06. The van der Waals surface area contributed by atoms with Gasteiger partial charge in [-0.3, -0.25) is 9.89 Å². The Morgan fingerprint density at radius 2 is 2.11 bits per heavy atom. The van der Waals surface area contributed by atoms with Gasteiger partial charge < -0.3 is 5.32 Å². The highest BCUT2D eigenvalue weighted by Gasteiger charge is 2.27. The lowest BCUT2D eigenvalue weighted by Crippen LogP contribution is -2.43. The SMILES string of the molecule is CSC1CCCCC1NC(=O)c1c(C)n[nH]c1C. The maximum Gasteiger partial charge on any atom is 0.255 e. The largest absolute Gasteiger partial charge is 0.348 e. The lowest BCUT2D eigenvalue weighted by Gasteiger charge is -2.30. The number of carbonyl (C=O) groups excluding carboxylic acids is 1. The molecule has 0 spiro atoms. The van der Waals surface area contributed by atoms with Crippen LogP contribution in [0.25, 0.3) is 0 Å². The van der Waals surface area contributed by atoms with Crippen molar-refractivity contribution in [3.8, 4) is 0 Å². The fourth-order valence-electron chi connectivity index (χ4n) is 2.67. The average molecular weight is 267 g/mol. The summed E-state index contributed by atoms with van der Waals surface area (Å²) in [5.41, 5.74) is 2.34. The molecule has 2 atom stereocenters. The van der Waals surface area contributed by atoms with Crippen LogP contribution in [0.1, 0.15) is 47.4 Å². The quantitative estimate of drug-likeness (QED) is 0.884. The predicted octanol–water partition coefficient (Wildman–Crippen LogP) is 2.43. The fourth-order valence-corrected chi connectivity index (χ4v) is 3.61. The summed E-state index contributed by atoms with van der Waals surface area (Å²) in [5.74, 6) is 0.0182. The van der Waals surface area contributed by atoms with Gasteiger partial charge in [-0.05, 0) is 32.9 Å². The number of aromatic amines is 1. The van der Waals surface area contributed by atoms with Crippen LogP contribution in [-0.4, -0.2) is 33.7 Å². The van der Waals surface area contributed by atoms with E-state index in [1.165, 1.54) is 19.3 Å². The van der Waals surface area contributed by atoms with Gasteiger partial charge >= 0.3 is 0 Å². The molecule has 1 fully saturated rings. The zero-order chi connectivity index (χ0) is 13.1. The number of aromatic nitrogens is 2. The van der Waals surface area contributed by atoms with Crippen LogP contribution in [0.3, 0.4) is 0 Å². The molecule has 1 aliphatic rings. The smallest absolute Gasteiger partial charge is 0.255 e. The Bertz CT molecular complexity index is 410. The van der Waals surface area contributed by atoms with Crippen LogP contribution in [0, 0.1) is 13.8 Å². The van der Waals surface area contributed by atoms with Crippen molar-refractivity contribution in [3.05, 3.63) is 17.0 Å². The van der Waals surface area contributed by atoms with E-state index >= 15 is 0 Å². The molecule has 5 heteroatoms. The minimum absolute atomic E-state index is 0.0182. The zero-order valence-electron chi connectivity index (χ0n) is 11.2. The minimum Gasteiger partial charge on any atom is -0.348 e. The first kappa shape index (κ1) is 13.5. The van der Waals surface area contributed by atoms with Gasteiger partial charge in [-0.1, -0.05) is 12.8 Å². The summed E-state index contributed by atoms with van der Waals surface area (Å²) in [5, 5.41) is 10.7. The lowest BCUT2D eigenvalue weighted by atomic mass is 9.94. The topological polar surface area (TPSA) is 57.8 Å². The number of H-pyrrole nitrogens is 1. The summed E-state index contributed by atoms with van der Waals surface area (Å²) in [6.45, 7) is 3.76. The third-order valence-electron chi connectivity index (χ3n) is 3.68. The molecule has 2 rings (SSSR count). The van der Waals surface area contributed by atoms with Gasteiger partial charge in [0.2, 0.25) is 0 Å². The molecule has 1 amide bonds. The Morgan fingerprint density at radius 1 is 1.39 bits per heavy atom. The second-order valence-corrected chi connectivity index (χ2v) is 6.02. The molecule has 2 N–H and O–H groups in total. The van der Waals surface area contributed by atoms with Crippen molar-refractivity contribution in [1.82, 2.24) is 15.5 Å². The van der Waals surface area contributed by atoms with Gasteiger partial charge in [0, 0.05) is 17.0 Å². The summed E-state index contributed by atoms with van der Waals surface area (Å²) in [7, 11) is 0. The maximum atomic E-state index is 12.3. The molecule has 1 aromatic heterocycles. The van der Waals surface area contributed by atoms with E-state index in [0.29, 0.717) is 16.9 Å². The van der Waals surface area contributed by atoms with Crippen LogP contribution >= 0.6 is 11.8 Å². The number of amides is 1. The number of hydrogen-bond acceptors (Lipinski definition) is 3. The Kier molecular flexibility index (Phi) is 4.32. The third-order valence-corrected chi connectivity index (χ3v) is 4.85. The predicted molar refractivity (Wildman–Crippen MR) is 75.1 cm³/mol. The fraction of sp³-hybridized carbons (Fsp3) is 0.692. The van der Waals surface area contributed by atoms with Crippen LogP contribution in [0.5, 0.6) is 0 Å². The first-order valence-corrected chi connectivity index (χ1v) is 7.77. The number of aryl methyl sites for hydroxylation is 2. The second-order valence-electron chi connectivity index (χ2n) is 4.95. The summed E-state index contributed by atoms with van der Waals surface area (Å²) in [4.78, 5) is 12.3. The van der Waals surface area contributed by atoms with Gasteiger partial charge in [-0.2, -0.15) is 16.9 Å². The second kappa shape index (κ2) is 5.78. The molecular weight excluding hydrogens is 246 g/mol. The van der Waals surface area contributed by atoms with Gasteiger partial charge in [0.25, 0.3) is 5.91 Å². The van der Waals surface area contributed by atoms with E-state index in [0.717, 1.165) is 17.8 Å². The molecule has 2 unspecified atom stereocenters. The van der Waals surface area contributed by atoms with Crippen LogP contribution in [0.4, 0.5) is 0 Å². The molecule has 1 heterocycles. The number of carbonyl (C=O) groups is 1. The van der Waals surface area contributed by atoms with Gasteiger partial charge in [0.1, 0.15) is 0 Å². The molecule has 1 aromatic rings. The number of nitrogens with one attached hydrogen (secondary N) is 2. The van der Waals surface area contributed by atoms with E-state index in [1.54, 1.807) is 0 Å². The van der Waals surface area contributed by atoms with Crippen molar-refractivity contribution in [3.63, 3.8) is 0 Å². The molecule has 0 aromatic carbocycles. The van der Waals surface area contributed by atoms with E-state index in [2.05, 4.69) is 21.8 Å². The number of nitrogens with zero attached hydrogens (tertiary/aromatic N) is 1. The first-order chi connectivity index (χ1) is 8.63. The normalized spacial score (nSPS) is 23.9. The molecule has 0 aliphatic heterocycles. The highest BCUT2D eigenvalue weighted by Crippen LogP contribution is 2.27. The number of hydrogen-bond donors (Lipinski definition) is 2. The average Bonchev–Trinajstić information content (AvgIpc) is 2.69. The Morgan fingerprint density at radius 3 is 2.72 bits per heavy atom. The van der Waals surface area contributed by atoms with Gasteiger partial charge in [-0.15, -0.1) is 0 Å².